The maximum Gasteiger partial charge on any atom is 0.326 e. The van der Waals surface area contributed by atoms with Crippen molar-refractivity contribution >= 4 is 63.0 Å². The molecule has 0 saturated heterocycles. The van der Waals surface area contributed by atoms with E-state index in [1.165, 1.54) is 27.2 Å². The molecule has 4 aliphatic rings. The summed E-state index contributed by atoms with van der Waals surface area (Å²) in [4.78, 5) is 44.1. The molecule has 0 aliphatic carbocycles. The Morgan fingerprint density at radius 2 is 1.15 bits per heavy atom. The van der Waals surface area contributed by atoms with E-state index in [1.807, 2.05) is 59.0 Å². The van der Waals surface area contributed by atoms with E-state index in [0.29, 0.717) is 68.6 Å². The Labute approximate surface area is 411 Å². The van der Waals surface area contributed by atoms with Crippen molar-refractivity contribution in [1.29, 1.82) is 0 Å². The Balaban J connectivity index is 1.14. The van der Waals surface area contributed by atoms with Crippen LogP contribution in [0.25, 0.3) is 0 Å². The predicted molar refractivity (Wildman–Crippen MR) is 268 cm³/mol. The third-order valence-corrected chi connectivity index (χ3v) is 15.8. The topological polar surface area (TPSA) is 177 Å². The highest BCUT2D eigenvalue weighted by Crippen LogP contribution is 2.51. The molecular weight excluding hydrogens is 1050 g/mol. The van der Waals surface area contributed by atoms with Crippen LogP contribution in [0, 0.1) is 7.14 Å². The average Bonchev–Trinajstić information content (AvgIpc) is 3.74. The Hall–Kier alpha value is -3.61. The number of aliphatic hydroxyl groups excluding tert-OH is 2. The van der Waals surface area contributed by atoms with Crippen molar-refractivity contribution in [3.63, 3.8) is 0 Å². The van der Waals surface area contributed by atoms with Gasteiger partial charge in [-0.25, -0.2) is 4.79 Å². The van der Waals surface area contributed by atoms with Crippen molar-refractivity contribution in [2.45, 2.75) is 175 Å². The molecule has 5 N–H and O–H groups in total. The van der Waals surface area contributed by atoms with Crippen LogP contribution in [0.1, 0.15) is 163 Å². The third-order valence-electron chi connectivity index (χ3n) is 13.7. The van der Waals surface area contributed by atoms with Crippen molar-refractivity contribution in [3.05, 3.63) is 87.1 Å². The highest BCUT2D eigenvalue weighted by molar-refractivity contribution is 14.1. The van der Waals surface area contributed by atoms with Gasteiger partial charge in [0.05, 0.1) is 43.6 Å². The standard InChI is InChI=1S/C51H66I2N2O10/c1-28(2)14-9-16-30(5)18-11-21-50(7)37(56)24-32-43(58)41(52)39-34(45(32)64-50)26-54(47(39)60)23-13-20-36(49(62)63)55-27-35-40(48(55)61)42(53)44(59)33-25-38(57)51(8,65-46(33)35)22-12-19-31(6)17-10-15-29(3)4/h14-15,18-19,36-38,56-59H,9-13,16-17,20-27H2,1-8H3,(H,62,63)/b30-18+,31-19+/t36-,37-,38-,50+,51+/m0/s1. The summed E-state index contributed by atoms with van der Waals surface area (Å²) in [6.45, 7) is 16.5. The number of amides is 2. The molecule has 0 aromatic heterocycles. The van der Waals surface area contributed by atoms with Gasteiger partial charge in [0.15, 0.2) is 0 Å². The Morgan fingerprint density at radius 3 is 1.60 bits per heavy atom. The van der Waals surface area contributed by atoms with Crippen LogP contribution in [0.5, 0.6) is 23.0 Å². The second-order valence-electron chi connectivity index (χ2n) is 19.4. The zero-order chi connectivity index (χ0) is 47.7. The molecule has 0 unspecified atom stereocenters. The van der Waals surface area contributed by atoms with Crippen molar-refractivity contribution in [2.75, 3.05) is 6.54 Å². The van der Waals surface area contributed by atoms with Crippen LogP contribution in [0.3, 0.4) is 0 Å². The number of carboxylic acids is 1. The summed E-state index contributed by atoms with van der Waals surface area (Å²) in [7, 11) is 0. The summed E-state index contributed by atoms with van der Waals surface area (Å²) < 4.78 is 13.9. The average molecular weight is 1120 g/mol. The van der Waals surface area contributed by atoms with Crippen LogP contribution in [-0.2, 0) is 30.7 Å². The molecule has 0 radical (unpaired) electrons. The summed E-state index contributed by atoms with van der Waals surface area (Å²) in [6.07, 6.45) is 13.7. The fourth-order valence-corrected chi connectivity index (χ4v) is 11.3. The molecule has 5 atom stereocenters. The fraction of sp³-hybridized carbons (Fsp3) is 0.549. The number of hydrogen-bond donors (Lipinski definition) is 5. The SMILES string of the molecule is CC(C)=CCC/C(C)=C/CC[C@@]1(C)Oc2c(c(O)c(I)c3c2CN(CCC[C@@H](C(=O)O)N2Cc4c5c(c(O)c(I)c4C2=O)C[C@H](O)[C@@](C)(CC/C=C(\C)CCC=C(C)C)O5)C3=O)C[C@@H]1O. The van der Waals surface area contributed by atoms with Crippen LogP contribution in [0.15, 0.2) is 46.6 Å². The summed E-state index contributed by atoms with van der Waals surface area (Å²) in [5.41, 5.74) is 5.65. The number of carbonyl (C=O) groups excluding carboxylic acids is 2. The van der Waals surface area contributed by atoms with Gasteiger partial charge in [0.2, 0.25) is 0 Å². The number of phenols is 2. The van der Waals surface area contributed by atoms with Crippen LogP contribution >= 0.6 is 45.2 Å². The lowest BCUT2D eigenvalue weighted by molar-refractivity contribution is -0.142. The first-order valence-corrected chi connectivity index (χ1v) is 25.0. The Kier molecular flexibility index (Phi) is 16.2. The molecule has 4 heterocycles. The molecule has 2 amide bonds. The molecule has 0 saturated carbocycles. The van der Waals surface area contributed by atoms with E-state index in [1.54, 1.807) is 4.90 Å². The van der Waals surface area contributed by atoms with Crippen molar-refractivity contribution in [3.8, 4) is 23.0 Å². The van der Waals surface area contributed by atoms with Crippen LogP contribution in [0.4, 0.5) is 0 Å². The van der Waals surface area contributed by atoms with E-state index >= 15 is 0 Å². The van der Waals surface area contributed by atoms with Gasteiger partial charge in [-0.2, -0.15) is 0 Å². The van der Waals surface area contributed by atoms with Crippen molar-refractivity contribution in [1.82, 2.24) is 9.80 Å². The van der Waals surface area contributed by atoms with Gasteiger partial charge in [-0.1, -0.05) is 46.6 Å². The molecule has 0 bridgehead atoms. The van der Waals surface area contributed by atoms with Gasteiger partial charge < -0.3 is 44.8 Å². The van der Waals surface area contributed by atoms with E-state index in [4.69, 9.17) is 9.47 Å². The van der Waals surface area contributed by atoms with E-state index in [-0.39, 0.29) is 71.9 Å². The number of rotatable bonds is 18. The number of benzene rings is 2. The molecule has 2 aromatic rings. The number of aliphatic carboxylic acids is 1. The minimum absolute atomic E-state index is 0.0407. The monoisotopic (exact) mass is 1120 g/mol. The zero-order valence-electron chi connectivity index (χ0n) is 39.1. The maximum atomic E-state index is 14.2. The number of nitrogens with zero attached hydrogens (tertiary/aromatic N) is 2. The largest absolute Gasteiger partial charge is 0.506 e. The summed E-state index contributed by atoms with van der Waals surface area (Å²) >= 11 is 3.88. The maximum absolute atomic E-state index is 14.2. The quantitative estimate of drug-likeness (QED) is 0.0713. The molecule has 2 aromatic carbocycles. The first kappa shape index (κ1) is 50.8. The van der Waals surface area contributed by atoms with Gasteiger partial charge in [0.1, 0.15) is 40.2 Å². The number of hydrogen-bond acceptors (Lipinski definition) is 9. The number of aromatic hydroxyl groups is 2. The van der Waals surface area contributed by atoms with E-state index in [2.05, 4.69) is 65.8 Å². The molecule has 0 spiro atoms. The first-order valence-electron chi connectivity index (χ1n) is 22.9. The first-order chi connectivity index (χ1) is 30.6. The van der Waals surface area contributed by atoms with E-state index in [9.17, 15) is 39.9 Å². The Bertz CT molecular complexity index is 2340. The number of ether oxygens (including phenoxy) is 2. The van der Waals surface area contributed by atoms with Crippen LogP contribution in [-0.4, -0.2) is 89.1 Å². The molecular formula is C51H66I2N2O10. The lowest BCUT2D eigenvalue weighted by Crippen LogP contribution is -2.49. The summed E-state index contributed by atoms with van der Waals surface area (Å²) in [5, 5.41) is 55.9. The number of allylic oxidation sites excluding steroid dienone is 8. The lowest BCUT2D eigenvalue weighted by atomic mass is 9.84. The molecule has 354 valence electrons. The minimum Gasteiger partial charge on any atom is -0.506 e. The summed E-state index contributed by atoms with van der Waals surface area (Å²) in [5.74, 6) is -1.52. The highest BCUT2D eigenvalue weighted by atomic mass is 127. The second kappa shape index (κ2) is 20.7. The van der Waals surface area contributed by atoms with Gasteiger partial charge >= 0.3 is 5.97 Å². The predicted octanol–water partition coefficient (Wildman–Crippen LogP) is 10.2. The highest BCUT2D eigenvalue weighted by Gasteiger charge is 2.48. The Morgan fingerprint density at radius 1 is 0.708 bits per heavy atom. The third kappa shape index (κ3) is 10.8. The smallest absolute Gasteiger partial charge is 0.326 e. The summed E-state index contributed by atoms with van der Waals surface area (Å²) in [6, 6.07) is -1.24. The van der Waals surface area contributed by atoms with Gasteiger partial charge in [0, 0.05) is 41.6 Å². The van der Waals surface area contributed by atoms with Crippen molar-refractivity contribution in [2.24, 2.45) is 0 Å². The minimum atomic E-state index is -1.24. The van der Waals surface area contributed by atoms with E-state index < -0.39 is 41.3 Å². The molecule has 12 nitrogen and oxygen atoms in total. The number of fused-ring (bicyclic) bond motifs is 6. The van der Waals surface area contributed by atoms with Crippen LogP contribution < -0.4 is 9.47 Å². The molecule has 6 rings (SSSR count). The second-order valence-corrected chi connectivity index (χ2v) is 21.5. The zero-order valence-corrected chi connectivity index (χ0v) is 43.4. The van der Waals surface area contributed by atoms with Gasteiger partial charge in [-0.05, 0) is 165 Å². The van der Waals surface area contributed by atoms with E-state index in [0.717, 1.165) is 25.7 Å². The van der Waals surface area contributed by atoms with Crippen molar-refractivity contribution < 1.29 is 49.4 Å². The molecule has 4 aliphatic heterocycles. The van der Waals surface area contributed by atoms with Gasteiger partial charge in [-0.15, -0.1) is 0 Å². The number of carboxylic acid groups (broad SMARTS) is 1. The molecule has 0 fully saturated rings. The number of aliphatic hydroxyl groups is 2. The number of halogens is 2. The number of phenolic OH excluding ortho intramolecular Hbond substituents is 2. The van der Waals surface area contributed by atoms with Gasteiger partial charge in [-0.3, -0.25) is 9.59 Å². The van der Waals surface area contributed by atoms with Crippen LogP contribution in [0.2, 0.25) is 0 Å². The normalized spacial score (nSPS) is 23.0. The number of carbonyl (C=O) groups is 3. The lowest BCUT2D eigenvalue weighted by Gasteiger charge is -2.41. The molecule has 65 heavy (non-hydrogen) atoms. The molecule has 14 heteroatoms. The fourth-order valence-electron chi connectivity index (χ4n) is 9.52. The van der Waals surface area contributed by atoms with Gasteiger partial charge in [0.25, 0.3) is 11.8 Å².